The molecule has 2 heterocycles. The van der Waals surface area contributed by atoms with Gasteiger partial charge in [-0.3, -0.25) is 9.20 Å². The molecule has 0 spiro atoms. The van der Waals surface area contributed by atoms with Crippen molar-refractivity contribution < 1.29 is 4.79 Å². The summed E-state index contributed by atoms with van der Waals surface area (Å²) < 4.78 is 1.89. The quantitative estimate of drug-likeness (QED) is 0.796. The summed E-state index contributed by atoms with van der Waals surface area (Å²) in [7, 11) is 0. The van der Waals surface area contributed by atoms with Crippen molar-refractivity contribution in [1.29, 1.82) is 0 Å². The molecule has 1 aromatic carbocycles. The first kappa shape index (κ1) is 11.9. The van der Waals surface area contributed by atoms with Crippen molar-refractivity contribution >= 4 is 22.2 Å². The van der Waals surface area contributed by atoms with Crippen LogP contribution >= 0.6 is 11.3 Å². The van der Waals surface area contributed by atoms with E-state index in [9.17, 15) is 4.79 Å². The normalized spacial score (nSPS) is 10.8. The fraction of sp³-hybridized carbons (Fsp3) is 0.143. The van der Waals surface area contributed by atoms with Crippen LogP contribution in [-0.4, -0.2) is 15.3 Å². The second kappa shape index (κ2) is 4.85. The maximum absolute atomic E-state index is 12.0. The predicted octanol–water partition coefficient (Wildman–Crippen LogP) is 2.63. The van der Waals surface area contributed by atoms with E-state index in [-0.39, 0.29) is 5.91 Å². The van der Waals surface area contributed by atoms with Crippen LogP contribution < -0.4 is 5.32 Å². The highest BCUT2D eigenvalue weighted by Crippen LogP contribution is 2.16. The van der Waals surface area contributed by atoms with Gasteiger partial charge in [-0.05, 0) is 12.5 Å². The van der Waals surface area contributed by atoms with Crippen molar-refractivity contribution in [2.45, 2.75) is 13.5 Å². The minimum atomic E-state index is -0.141. The summed E-state index contributed by atoms with van der Waals surface area (Å²) in [6.07, 6.45) is 3.74. The van der Waals surface area contributed by atoms with E-state index in [1.807, 2.05) is 47.9 Å². The predicted molar refractivity (Wildman–Crippen MR) is 75.4 cm³/mol. The average Bonchev–Trinajstić information content (AvgIpc) is 2.94. The monoisotopic (exact) mass is 271 g/mol. The molecule has 0 saturated carbocycles. The summed E-state index contributed by atoms with van der Waals surface area (Å²) in [5, 5.41) is 2.87. The topological polar surface area (TPSA) is 46.4 Å². The summed E-state index contributed by atoms with van der Waals surface area (Å²) in [5.41, 5.74) is 1.54. The van der Waals surface area contributed by atoms with Gasteiger partial charge < -0.3 is 5.32 Å². The van der Waals surface area contributed by atoms with Crippen LogP contribution in [0.3, 0.4) is 0 Å². The number of nitrogens with one attached hydrogen (secondary N) is 1. The van der Waals surface area contributed by atoms with Crippen LogP contribution in [0, 0.1) is 6.92 Å². The summed E-state index contributed by atoms with van der Waals surface area (Å²) in [6.45, 7) is 2.54. The Kier molecular flexibility index (Phi) is 3.05. The lowest BCUT2D eigenvalue weighted by Gasteiger charge is -2.02. The largest absolute Gasteiger partial charge is 0.347 e. The first-order chi connectivity index (χ1) is 9.22. The molecule has 0 atom stereocenters. The molecule has 4 nitrogen and oxygen atoms in total. The van der Waals surface area contributed by atoms with Crippen LogP contribution in [0.15, 0.2) is 42.7 Å². The number of benzene rings is 1. The number of aromatic nitrogens is 2. The highest BCUT2D eigenvalue weighted by atomic mass is 32.1. The van der Waals surface area contributed by atoms with Crippen molar-refractivity contribution in [2.75, 3.05) is 0 Å². The second-order valence-electron chi connectivity index (χ2n) is 4.33. The van der Waals surface area contributed by atoms with E-state index in [0.29, 0.717) is 12.2 Å². The lowest BCUT2D eigenvalue weighted by Crippen LogP contribution is -2.23. The Balaban J connectivity index is 1.71. The van der Waals surface area contributed by atoms with Crippen LogP contribution in [-0.2, 0) is 6.54 Å². The molecule has 0 aliphatic carbocycles. The Morgan fingerprint density at radius 2 is 2.11 bits per heavy atom. The van der Waals surface area contributed by atoms with Gasteiger partial charge in [-0.15, -0.1) is 11.3 Å². The molecule has 0 unspecified atom stereocenters. The molecular formula is C14H13N3OS. The fourth-order valence-corrected chi connectivity index (χ4v) is 2.70. The van der Waals surface area contributed by atoms with E-state index in [4.69, 9.17) is 0 Å². The number of fused-ring (bicyclic) bond motifs is 1. The third-order valence-corrected chi connectivity index (χ3v) is 3.71. The zero-order chi connectivity index (χ0) is 13.2. The maximum atomic E-state index is 12.0. The lowest BCUT2D eigenvalue weighted by atomic mass is 10.2. The first-order valence-electron chi connectivity index (χ1n) is 5.99. The number of hydrogen-bond donors (Lipinski definition) is 1. The van der Waals surface area contributed by atoms with Gasteiger partial charge in [-0.1, -0.05) is 30.3 Å². The number of thiazole rings is 1. The summed E-state index contributed by atoms with van der Waals surface area (Å²) in [4.78, 5) is 18.3. The van der Waals surface area contributed by atoms with Crippen LogP contribution in [0.4, 0.5) is 0 Å². The van der Waals surface area contributed by atoms with Crippen LogP contribution in [0.2, 0.25) is 0 Å². The molecule has 0 fully saturated rings. The summed E-state index contributed by atoms with van der Waals surface area (Å²) in [5.74, 6) is -0.141. The highest BCUT2D eigenvalue weighted by molar-refractivity contribution is 7.17. The number of rotatable bonds is 3. The minimum Gasteiger partial charge on any atom is -0.347 e. The Bertz CT molecular complexity index is 683. The molecule has 1 amide bonds. The Morgan fingerprint density at radius 3 is 2.84 bits per heavy atom. The number of amides is 1. The molecule has 0 bridgehead atoms. The smallest absolute Gasteiger partial charge is 0.271 e. The van der Waals surface area contributed by atoms with Gasteiger partial charge in [0.05, 0.1) is 0 Å². The van der Waals surface area contributed by atoms with Crippen molar-refractivity contribution in [1.82, 2.24) is 14.7 Å². The van der Waals surface area contributed by atoms with Crippen LogP contribution in [0.5, 0.6) is 0 Å². The molecular weight excluding hydrogens is 258 g/mol. The molecule has 3 rings (SSSR count). The van der Waals surface area contributed by atoms with Crippen molar-refractivity contribution in [3.8, 4) is 0 Å². The average molecular weight is 271 g/mol. The van der Waals surface area contributed by atoms with Gasteiger partial charge in [0.15, 0.2) is 4.96 Å². The van der Waals surface area contributed by atoms with Gasteiger partial charge >= 0.3 is 0 Å². The number of carbonyl (C=O) groups excluding carboxylic acids is 1. The third kappa shape index (κ3) is 2.51. The second-order valence-corrected chi connectivity index (χ2v) is 5.54. The molecule has 1 N–H and O–H groups in total. The fourth-order valence-electron chi connectivity index (χ4n) is 1.89. The lowest BCUT2D eigenvalue weighted by molar-refractivity contribution is 0.0946. The van der Waals surface area contributed by atoms with Gasteiger partial charge in [-0.25, -0.2) is 4.98 Å². The van der Waals surface area contributed by atoms with Crippen LogP contribution in [0.1, 0.15) is 20.9 Å². The molecule has 19 heavy (non-hydrogen) atoms. The van der Waals surface area contributed by atoms with Gasteiger partial charge in [0, 0.05) is 23.8 Å². The Morgan fingerprint density at radius 1 is 1.32 bits per heavy atom. The standard InChI is InChI=1S/C14H13N3OS/c1-10-8-17-9-12(16-14(17)19-10)13(18)15-7-11-5-3-2-4-6-11/h2-6,8-9H,7H2,1H3,(H,15,18). The van der Waals surface area contributed by atoms with E-state index in [0.717, 1.165) is 10.5 Å². The molecule has 96 valence electrons. The minimum absolute atomic E-state index is 0.141. The number of imidazole rings is 1. The van der Waals surface area contributed by atoms with Crippen LogP contribution in [0.25, 0.3) is 4.96 Å². The maximum Gasteiger partial charge on any atom is 0.271 e. The van der Waals surface area contributed by atoms with Gasteiger partial charge in [0.2, 0.25) is 0 Å². The van der Waals surface area contributed by atoms with E-state index in [1.54, 1.807) is 17.5 Å². The number of carbonyl (C=O) groups is 1. The Hall–Kier alpha value is -2.14. The molecule has 0 saturated heterocycles. The van der Waals surface area contributed by atoms with E-state index in [1.165, 1.54) is 4.88 Å². The molecule has 0 aliphatic rings. The SMILES string of the molecule is Cc1cn2cc(C(=O)NCc3ccccc3)nc2s1. The number of nitrogens with zero attached hydrogens (tertiary/aromatic N) is 2. The van der Waals surface area contributed by atoms with E-state index >= 15 is 0 Å². The molecule has 3 aromatic rings. The van der Waals surface area contributed by atoms with Gasteiger partial charge in [0.1, 0.15) is 5.69 Å². The summed E-state index contributed by atoms with van der Waals surface area (Å²) in [6, 6.07) is 9.83. The first-order valence-corrected chi connectivity index (χ1v) is 6.81. The molecule has 0 aliphatic heterocycles. The zero-order valence-corrected chi connectivity index (χ0v) is 11.3. The number of hydrogen-bond acceptors (Lipinski definition) is 3. The van der Waals surface area contributed by atoms with E-state index in [2.05, 4.69) is 10.3 Å². The van der Waals surface area contributed by atoms with Gasteiger partial charge in [-0.2, -0.15) is 0 Å². The van der Waals surface area contributed by atoms with Crippen molar-refractivity contribution in [2.24, 2.45) is 0 Å². The molecule has 2 aromatic heterocycles. The summed E-state index contributed by atoms with van der Waals surface area (Å²) >= 11 is 1.58. The molecule has 5 heteroatoms. The third-order valence-electron chi connectivity index (χ3n) is 2.80. The van der Waals surface area contributed by atoms with Crippen molar-refractivity contribution in [3.63, 3.8) is 0 Å². The van der Waals surface area contributed by atoms with Gasteiger partial charge in [0.25, 0.3) is 5.91 Å². The molecule has 0 radical (unpaired) electrons. The highest BCUT2D eigenvalue weighted by Gasteiger charge is 2.11. The van der Waals surface area contributed by atoms with E-state index < -0.39 is 0 Å². The van der Waals surface area contributed by atoms with Crippen molar-refractivity contribution in [3.05, 3.63) is 58.9 Å². The Labute approximate surface area is 114 Å². The number of aryl methyl sites for hydroxylation is 1. The zero-order valence-electron chi connectivity index (χ0n) is 10.5.